The summed E-state index contributed by atoms with van der Waals surface area (Å²) in [6.45, 7) is 0. The first kappa shape index (κ1) is 13.0. The zero-order valence-corrected chi connectivity index (χ0v) is 11.1. The van der Waals surface area contributed by atoms with Gasteiger partial charge in [-0.25, -0.2) is 9.97 Å². The monoisotopic (exact) mass is 276 g/mol. The van der Waals surface area contributed by atoms with Gasteiger partial charge < -0.3 is 5.11 Å². The number of phenols is 1. The Morgan fingerprint density at radius 3 is 2.14 bits per heavy atom. The highest BCUT2D eigenvalue weighted by Gasteiger charge is 2.14. The molecule has 0 aliphatic carbocycles. The number of hydrogen-bond acceptors (Lipinski definition) is 4. The van der Waals surface area contributed by atoms with Gasteiger partial charge in [-0.05, 0) is 12.1 Å². The largest absolute Gasteiger partial charge is 0.507 e. The minimum atomic E-state index is -0.298. The smallest absolute Gasteiger partial charge is 0.199 e. The fourth-order valence-electron chi connectivity index (χ4n) is 2.00. The Balaban J connectivity index is 1.91. The van der Waals surface area contributed by atoms with Gasteiger partial charge >= 0.3 is 0 Å². The zero-order chi connectivity index (χ0) is 14.7. The maximum Gasteiger partial charge on any atom is 0.199 e. The van der Waals surface area contributed by atoms with Crippen LogP contribution >= 0.6 is 0 Å². The van der Waals surface area contributed by atoms with E-state index < -0.39 is 0 Å². The van der Waals surface area contributed by atoms with Gasteiger partial charge in [0.05, 0.1) is 11.1 Å². The number of para-hydroxylation sites is 1. The molecule has 1 N–H and O–H groups in total. The third-order valence-electron chi connectivity index (χ3n) is 3.09. The number of ketones is 1. The van der Waals surface area contributed by atoms with Gasteiger partial charge in [0.2, 0.25) is 0 Å². The van der Waals surface area contributed by atoms with Crippen LogP contribution in [0.4, 0.5) is 0 Å². The summed E-state index contributed by atoms with van der Waals surface area (Å²) < 4.78 is 0. The quantitative estimate of drug-likeness (QED) is 0.747. The van der Waals surface area contributed by atoms with Gasteiger partial charge in [-0.1, -0.05) is 42.5 Å². The molecule has 21 heavy (non-hydrogen) atoms. The summed E-state index contributed by atoms with van der Waals surface area (Å²) in [4.78, 5) is 20.7. The van der Waals surface area contributed by atoms with Crippen LogP contribution in [0.5, 0.6) is 5.75 Å². The zero-order valence-electron chi connectivity index (χ0n) is 11.1. The topological polar surface area (TPSA) is 63.1 Å². The van der Waals surface area contributed by atoms with Gasteiger partial charge in [0.25, 0.3) is 0 Å². The normalized spacial score (nSPS) is 10.3. The molecule has 0 fully saturated rings. The summed E-state index contributed by atoms with van der Waals surface area (Å²) in [6.07, 6.45) is 2.95. The second kappa shape index (κ2) is 5.54. The highest BCUT2D eigenvalue weighted by atomic mass is 16.3. The molecule has 1 aromatic heterocycles. The predicted octanol–water partition coefficient (Wildman–Crippen LogP) is 3.08. The molecule has 102 valence electrons. The molecule has 4 heteroatoms. The number of hydrogen-bond donors (Lipinski definition) is 1. The molecule has 0 spiro atoms. The number of aromatic nitrogens is 2. The molecule has 4 nitrogen and oxygen atoms in total. The van der Waals surface area contributed by atoms with E-state index in [9.17, 15) is 9.90 Å². The molecule has 3 rings (SSSR count). The van der Waals surface area contributed by atoms with Crippen LogP contribution in [-0.2, 0) is 0 Å². The van der Waals surface area contributed by atoms with E-state index in [1.807, 2.05) is 30.3 Å². The lowest BCUT2D eigenvalue weighted by Gasteiger charge is -2.04. The van der Waals surface area contributed by atoms with E-state index in [0.29, 0.717) is 11.4 Å². The molecule has 0 amide bonds. The Morgan fingerprint density at radius 1 is 0.857 bits per heavy atom. The van der Waals surface area contributed by atoms with Crippen LogP contribution in [0.15, 0.2) is 67.0 Å². The number of benzene rings is 2. The van der Waals surface area contributed by atoms with Gasteiger partial charge in [-0.2, -0.15) is 0 Å². The number of aromatic hydroxyl groups is 1. The van der Waals surface area contributed by atoms with Crippen molar-refractivity contribution in [1.82, 2.24) is 9.97 Å². The Kier molecular flexibility index (Phi) is 3.43. The lowest BCUT2D eigenvalue weighted by Crippen LogP contribution is -2.03. The SMILES string of the molecule is O=C(c1cnc(-c2ccccc2)nc1)c1ccccc1O. The molecule has 0 saturated carbocycles. The van der Waals surface area contributed by atoms with Crippen molar-refractivity contribution < 1.29 is 9.90 Å². The molecule has 1 heterocycles. The Hall–Kier alpha value is -3.01. The first-order chi connectivity index (χ1) is 10.3. The second-order valence-electron chi connectivity index (χ2n) is 4.51. The van der Waals surface area contributed by atoms with Crippen LogP contribution in [0.1, 0.15) is 15.9 Å². The van der Waals surface area contributed by atoms with Crippen molar-refractivity contribution in [2.24, 2.45) is 0 Å². The van der Waals surface area contributed by atoms with Crippen LogP contribution in [0.25, 0.3) is 11.4 Å². The summed E-state index contributed by atoms with van der Waals surface area (Å²) in [6, 6.07) is 15.9. The molecule has 0 aliphatic heterocycles. The van der Waals surface area contributed by atoms with E-state index in [-0.39, 0.29) is 17.1 Å². The van der Waals surface area contributed by atoms with Gasteiger partial charge in [0.1, 0.15) is 5.75 Å². The first-order valence-electron chi connectivity index (χ1n) is 6.46. The summed E-state index contributed by atoms with van der Waals surface area (Å²) in [5, 5.41) is 9.71. The van der Waals surface area contributed by atoms with Crippen LogP contribution in [0, 0.1) is 0 Å². The Morgan fingerprint density at radius 2 is 1.48 bits per heavy atom. The van der Waals surface area contributed by atoms with E-state index in [0.717, 1.165) is 5.56 Å². The Labute approximate surface area is 121 Å². The molecule has 0 bridgehead atoms. The van der Waals surface area contributed by atoms with Crippen LogP contribution in [-0.4, -0.2) is 20.9 Å². The number of rotatable bonds is 3. The first-order valence-corrected chi connectivity index (χ1v) is 6.46. The summed E-state index contributed by atoms with van der Waals surface area (Å²) >= 11 is 0. The molecule has 3 aromatic rings. The fourth-order valence-corrected chi connectivity index (χ4v) is 2.00. The minimum Gasteiger partial charge on any atom is -0.507 e. The van der Waals surface area contributed by atoms with Gasteiger partial charge in [-0.3, -0.25) is 4.79 Å². The molecule has 0 atom stereocenters. The van der Waals surface area contributed by atoms with Gasteiger partial charge in [0, 0.05) is 18.0 Å². The number of phenolic OH excluding ortho intramolecular Hbond substituents is 1. The summed E-state index contributed by atoms with van der Waals surface area (Å²) in [5.41, 5.74) is 1.48. The fraction of sp³-hybridized carbons (Fsp3) is 0. The molecule has 0 saturated heterocycles. The van der Waals surface area contributed by atoms with Gasteiger partial charge in [-0.15, -0.1) is 0 Å². The van der Waals surface area contributed by atoms with Crippen LogP contribution in [0.2, 0.25) is 0 Å². The third kappa shape index (κ3) is 2.65. The highest BCUT2D eigenvalue weighted by Crippen LogP contribution is 2.20. The average Bonchev–Trinajstić information content (AvgIpc) is 2.56. The maximum atomic E-state index is 12.3. The molecular formula is C17H12N2O2. The third-order valence-corrected chi connectivity index (χ3v) is 3.09. The highest BCUT2D eigenvalue weighted by molar-refractivity contribution is 6.10. The second-order valence-corrected chi connectivity index (χ2v) is 4.51. The standard InChI is InChI=1S/C17H12N2O2/c20-15-9-5-4-8-14(15)16(21)13-10-18-17(19-11-13)12-6-2-1-3-7-12/h1-11,20H. The van der Waals surface area contributed by atoms with E-state index in [2.05, 4.69) is 9.97 Å². The predicted molar refractivity (Wildman–Crippen MR) is 79.0 cm³/mol. The molecule has 0 radical (unpaired) electrons. The van der Waals surface area contributed by atoms with Crippen molar-refractivity contribution in [2.75, 3.05) is 0 Å². The summed E-state index contributed by atoms with van der Waals surface area (Å²) in [5.74, 6) is 0.215. The summed E-state index contributed by atoms with van der Waals surface area (Å²) in [7, 11) is 0. The number of carbonyl (C=O) groups excluding carboxylic acids is 1. The maximum absolute atomic E-state index is 12.3. The van der Waals surface area contributed by atoms with E-state index >= 15 is 0 Å². The molecule has 0 unspecified atom stereocenters. The Bertz CT molecular complexity index is 768. The molecular weight excluding hydrogens is 264 g/mol. The van der Waals surface area contributed by atoms with Crippen molar-refractivity contribution in [1.29, 1.82) is 0 Å². The van der Waals surface area contributed by atoms with E-state index in [1.165, 1.54) is 18.5 Å². The number of nitrogens with zero attached hydrogens (tertiary/aromatic N) is 2. The average molecular weight is 276 g/mol. The van der Waals surface area contributed by atoms with E-state index in [4.69, 9.17) is 0 Å². The molecule has 0 aliphatic rings. The lowest BCUT2D eigenvalue weighted by molar-refractivity contribution is 0.103. The van der Waals surface area contributed by atoms with Crippen molar-refractivity contribution in [3.8, 4) is 17.1 Å². The van der Waals surface area contributed by atoms with E-state index in [1.54, 1.807) is 18.2 Å². The lowest BCUT2D eigenvalue weighted by atomic mass is 10.1. The minimum absolute atomic E-state index is 0.0466. The van der Waals surface area contributed by atoms with Crippen molar-refractivity contribution >= 4 is 5.78 Å². The van der Waals surface area contributed by atoms with Crippen molar-refractivity contribution in [3.63, 3.8) is 0 Å². The van der Waals surface area contributed by atoms with Crippen LogP contribution in [0.3, 0.4) is 0 Å². The van der Waals surface area contributed by atoms with Crippen molar-refractivity contribution in [3.05, 3.63) is 78.1 Å². The van der Waals surface area contributed by atoms with Gasteiger partial charge in [0.15, 0.2) is 11.6 Å². The van der Waals surface area contributed by atoms with Crippen LogP contribution < -0.4 is 0 Å². The molecule has 2 aromatic carbocycles. The number of carbonyl (C=O) groups is 1. The van der Waals surface area contributed by atoms with Crippen molar-refractivity contribution in [2.45, 2.75) is 0 Å².